The molecule has 136 valence electrons. The average molecular weight is 345 g/mol. The van der Waals surface area contributed by atoms with E-state index in [0.717, 1.165) is 49.3 Å². The maximum Gasteiger partial charge on any atom is 0.317 e. The Kier molecular flexibility index (Phi) is 5.53. The van der Waals surface area contributed by atoms with E-state index < -0.39 is 5.97 Å². The predicted octanol–water partition coefficient (Wildman–Crippen LogP) is 2.64. The normalized spacial score (nSPS) is 20.4. The van der Waals surface area contributed by atoms with Gasteiger partial charge in [0.2, 0.25) is 0 Å². The van der Waals surface area contributed by atoms with Crippen LogP contribution in [0.3, 0.4) is 0 Å². The molecule has 0 spiro atoms. The fraction of sp³-hybridized carbons (Fsp3) is 0.611. The van der Waals surface area contributed by atoms with Gasteiger partial charge in [-0.25, -0.2) is 4.98 Å². The summed E-state index contributed by atoms with van der Waals surface area (Å²) in [6.07, 6.45) is 6.82. The molecule has 1 saturated carbocycles. The number of anilines is 1. The predicted molar refractivity (Wildman–Crippen MR) is 97.0 cm³/mol. The number of nitrogens with one attached hydrogen (secondary N) is 2. The average Bonchev–Trinajstić information content (AvgIpc) is 3.23. The summed E-state index contributed by atoms with van der Waals surface area (Å²) in [5.41, 5.74) is 1.98. The Bertz CT molecular complexity index is 725. The van der Waals surface area contributed by atoms with Gasteiger partial charge in [-0.1, -0.05) is 13.8 Å². The molecule has 0 saturated heterocycles. The molecule has 2 aromatic rings. The summed E-state index contributed by atoms with van der Waals surface area (Å²) in [6.45, 7) is 4.41. The van der Waals surface area contributed by atoms with Crippen molar-refractivity contribution in [3.63, 3.8) is 0 Å². The quantitative estimate of drug-likeness (QED) is 0.681. The highest BCUT2D eigenvalue weighted by Crippen LogP contribution is 2.27. The number of nitrogens with zero attached hydrogens (tertiary/aromatic N) is 3. The molecule has 1 aliphatic carbocycles. The second-order valence-electron chi connectivity index (χ2n) is 6.81. The Morgan fingerprint density at radius 2 is 2.12 bits per heavy atom. The van der Waals surface area contributed by atoms with Gasteiger partial charge < -0.3 is 15.7 Å². The highest BCUT2D eigenvalue weighted by atomic mass is 16.4. The lowest BCUT2D eigenvalue weighted by atomic mass is 9.99. The first-order valence-electron chi connectivity index (χ1n) is 9.17. The van der Waals surface area contributed by atoms with E-state index in [1.165, 1.54) is 0 Å². The number of hydrogen-bond acceptors (Lipinski definition) is 5. The van der Waals surface area contributed by atoms with Crippen LogP contribution in [0.5, 0.6) is 0 Å². The summed E-state index contributed by atoms with van der Waals surface area (Å²) in [5.74, 6) is 0.619. The minimum atomic E-state index is -0.807. The third-order valence-electron chi connectivity index (χ3n) is 5.11. The Balaban J connectivity index is 1.74. The molecule has 0 bridgehead atoms. The molecule has 0 unspecified atom stereocenters. The molecule has 1 fully saturated rings. The van der Waals surface area contributed by atoms with Crippen LogP contribution < -0.4 is 10.6 Å². The summed E-state index contributed by atoms with van der Waals surface area (Å²) in [6, 6.07) is 4.62. The van der Waals surface area contributed by atoms with Crippen LogP contribution in [0.25, 0.3) is 5.65 Å². The van der Waals surface area contributed by atoms with Crippen LogP contribution in [0.15, 0.2) is 18.3 Å². The zero-order chi connectivity index (χ0) is 17.8. The lowest BCUT2D eigenvalue weighted by molar-refractivity contribution is -0.136. The van der Waals surface area contributed by atoms with Crippen LogP contribution in [0, 0.1) is 0 Å². The molecule has 25 heavy (non-hydrogen) atoms. The van der Waals surface area contributed by atoms with Gasteiger partial charge in [-0.2, -0.15) is 9.61 Å². The minimum absolute atomic E-state index is 0.0227. The van der Waals surface area contributed by atoms with Gasteiger partial charge in [0, 0.05) is 35.8 Å². The first-order valence-corrected chi connectivity index (χ1v) is 9.17. The van der Waals surface area contributed by atoms with Crippen LogP contribution in [0.2, 0.25) is 0 Å². The SMILES string of the molecule is CCC(CC)c1cc(N[C@H]2CC[C@H](NCC(=O)O)C2)n2nccc2n1. The molecular weight excluding hydrogens is 318 g/mol. The van der Waals surface area contributed by atoms with E-state index in [4.69, 9.17) is 10.1 Å². The molecule has 3 N–H and O–H groups in total. The summed E-state index contributed by atoms with van der Waals surface area (Å²) in [4.78, 5) is 15.5. The van der Waals surface area contributed by atoms with E-state index in [1.807, 2.05) is 10.6 Å². The third-order valence-corrected chi connectivity index (χ3v) is 5.11. The van der Waals surface area contributed by atoms with Crippen molar-refractivity contribution in [3.05, 3.63) is 24.0 Å². The van der Waals surface area contributed by atoms with Gasteiger partial charge in [0.15, 0.2) is 5.65 Å². The van der Waals surface area contributed by atoms with Crippen LogP contribution >= 0.6 is 0 Å². The fourth-order valence-electron chi connectivity index (χ4n) is 3.69. The van der Waals surface area contributed by atoms with Crippen molar-refractivity contribution in [2.24, 2.45) is 0 Å². The highest BCUT2D eigenvalue weighted by Gasteiger charge is 2.25. The van der Waals surface area contributed by atoms with Crippen LogP contribution in [0.4, 0.5) is 5.82 Å². The Morgan fingerprint density at radius 3 is 2.84 bits per heavy atom. The molecule has 0 aromatic carbocycles. The standard InChI is InChI=1S/C18H27N5O2/c1-3-12(4-2)15-10-17(23-16(22-15)7-8-20-23)21-14-6-5-13(9-14)19-11-18(24)25/h7-8,10,12-14,19,21H,3-6,9,11H2,1-2H3,(H,24,25)/t13-,14-/m0/s1. The molecule has 2 atom stereocenters. The zero-order valence-electron chi connectivity index (χ0n) is 14.9. The van der Waals surface area contributed by atoms with Crippen molar-refractivity contribution in [2.75, 3.05) is 11.9 Å². The summed E-state index contributed by atoms with van der Waals surface area (Å²) < 4.78 is 1.85. The zero-order valence-corrected chi connectivity index (χ0v) is 14.9. The number of hydrogen-bond donors (Lipinski definition) is 3. The van der Waals surface area contributed by atoms with Gasteiger partial charge in [-0.05, 0) is 32.1 Å². The van der Waals surface area contributed by atoms with Crippen molar-refractivity contribution in [1.82, 2.24) is 19.9 Å². The molecule has 7 heteroatoms. The van der Waals surface area contributed by atoms with Gasteiger partial charge in [0.1, 0.15) is 5.82 Å². The first-order chi connectivity index (χ1) is 12.1. The lowest BCUT2D eigenvalue weighted by Gasteiger charge is -2.18. The van der Waals surface area contributed by atoms with Crippen LogP contribution in [-0.2, 0) is 4.79 Å². The van der Waals surface area contributed by atoms with Crippen molar-refractivity contribution in [2.45, 2.75) is 64.0 Å². The number of carbonyl (C=O) groups is 1. The van der Waals surface area contributed by atoms with E-state index in [1.54, 1.807) is 6.20 Å². The van der Waals surface area contributed by atoms with Crippen molar-refractivity contribution < 1.29 is 9.90 Å². The summed E-state index contributed by atoms with van der Waals surface area (Å²) in [5, 5.41) is 19.9. The van der Waals surface area contributed by atoms with Crippen molar-refractivity contribution in [1.29, 1.82) is 0 Å². The van der Waals surface area contributed by atoms with Gasteiger partial charge in [0.25, 0.3) is 0 Å². The molecule has 0 aliphatic heterocycles. The Labute approximate surface area is 147 Å². The number of carboxylic acid groups (broad SMARTS) is 1. The summed E-state index contributed by atoms with van der Waals surface area (Å²) in [7, 11) is 0. The largest absolute Gasteiger partial charge is 0.480 e. The van der Waals surface area contributed by atoms with E-state index in [2.05, 4.69) is 35.6 Å². The molecular formula is C18H27N5O2. The molecule has 2 aromatic heterocycles. The van der Waals surface area contributed by atoms with Crippen molar-refractivity contribution >= 4 is 17.4 Å². The van der Waals surface area contributed by atoms with Gasteiger partial charge >= 0.3 is 5.97 Å². The van der Waals surface area contributed by atoms with Crippen LogP contribution in [0.1, 0.15) is 57.6 Å². The number of carboxylic acids is 1. The fourth-order valence-corrected chi connectivity index (χ4v) is 3.69. The van der Waals surface area contributed by atoms with Gasteiger partial charge in [-0.3, -0.25) is 4.79 Å². The van der Waals surface area contributed by atoms with Gasteiger partial charge in [-0.15, -0.1) is 0 Å². The molecule has 2 heterocycles. The Morgan fingerprint density at radius 1 is 1.36 bits per heavy atom. The number of fused-ring (bicyclic) bond motifs is 1. The van der Waals surface area contributed by atoms with E-state index in [-0.39, 0.29) is 12.6 Å². The Hall–Kier alpha value is -2.15. The molecule has 1 aliphatic rings. The van der Waals surface area contributed by atoms with Crippen LogP contribution in [-0.4, -0.2) is 44.3 Å². The summed E-state index contributed by atoms with van der Waals surface area (Å²) >= 11 is 0. The van der Waals surface area contributed by atoms with Gasteiger partial charge in [0.05, 0.1) is 12.7 Å². The molecule has 0 radical (unpaired) electrons. The number of aromatic nitrogens is 3. The van der Waals surface area contributed by atoms with Crippen molar-refractivity contribution in [3.8, 4) is 0 Å². The number of rotatable bonds is 8. The minimum Gasteiger partial charge on any atom is -0.480 e. The molecule has 0 amide bonds. The lowest BCUT2D eigenvalue weighted by Crippen LogP contribution is -2.32. The second-order valence-corrected chi connectivity index (χ2v) is 6.81. The first kappa shape index (κ1) is 17.7. The topological polar surface area (TPSA) is 91.5 Å². The second kappa shape index (κ2) is 7.82. The number of aliphatic carboxylic acids is 1. The maximum absolute atomic E-state index is 10.7. The van der Waals surface area contributed by atoms with E-state index in [9.17, 15) is 4.79 Å². The molecule has 7 nitrogen and oxygen atoms in total. The van der Waals surface area contributed by atoms with E-state index >= 15 is 0 Å². The highest BCUT2D eigenvalue weighted by molar-refractivity contribution is 5.69. The van der Waals surface area contributed by atoms with E-state index in [0.29, 0.717) is 12.0 Å². The molecule has 3 rings (SSSR count). The maximum atomic E-state index is 10.7. The monoisotopic (exact) mass is 345 g/mol. The smallest absolute Gasteiger partial charge is 0.317 e. The third kappa shape index (κ3) is 4.10.